The van der Waals surface area contributed by atoms with Gasteiger partial charge in [0.25, 0.3) is 0 Å². The zero-order valence-electron chi connectivity index (χ0n) is 46.5. The molecule has 0 unspecified atom stereocenters. The van der Waals surface area contributed by atoms with Crippen molar-refractivity contribution in [3.63, 3.8) is 0 Å². The lowest BCUT2D eigenvalue weighted by Crippen LogP contribution is -2.24. The Morgan fingerprint density at radius 3 is 1.57 bits per heavy atom. The Kier molecular flexibility index (Phi) is 18.9. The van der Waals surface area contributed by atoms with E-state index < -0.39 is 65.0 Å². The van der Waals surface area contributed by atoms with E-state index in [2.05, 4.69) is 25.9 Å². The van der Waals surface area contributed by atoms with Crippen LogP contribution in [0.2, 0.25) is 0 Å². The van der Waals surface area contributed by atoms with Gasteiger partial charge in [-0.2, -0.15) is 10.2 Å². The first-order chi connectivity index (χ1) is 41.4. The van der Waals surface area contributed by atoms with Crippen LogP contribution in [0.5, 0.6) is 0 Å². The number of ether oxygens (including phenoxy) is 1. The summed E-state index contributed by atoms with van der Waals surface area (Å²) in [5.41, 5.74) is 6.20. The quantitative estimate of drug-likeness (QED) is 0.0532. The third kappa shape index (κ3) is 14.8. The lowest BCUT2D eigenvalue weighted by atomic mass is 9.96. The largest absolute Gasteiger partial charge is 0.476 e. The third-order valence-electron chi connectivity index (χ3n) is 14.9. The standard InChI is InChI=1S/C28H25F2N5O5S2.C26H23BrF2N4O4S2.C5H8O/c29-19-7-6-17(13-23(19)34-9-1-2-25(34)36)26-18(10-16-5-8-24(20(30)11-16)42(31,39)40)22(12-15-3-4-15)35(33-26)28-32-21(14-41-28)27(37)38;1-2-37-25(34)21-13-38-26(31-21)33-22(11-14-3-4-14)17(24(32-33)16-6-7-19(28)18(27)12-16)9-15-5-8-23(20(29)10-15)39(30,35)36;6-5-3-1-2-4-5/h5-8,11,13-15H,1-4,9-10,12H2,(H,37,38)(H2,31,39,40);5-8,10,12-14H,2-4,9,11H2,1H3,(H2,30,35,36);1-4H2. The molecule has 0 bridgehead atoms. The average Bonchev–Trinajstić information content (AvgIpc) is 1.71. The Labute approximate surface area is 513 Å². The number of carbonyl (C=O) groups excluding carboxylic acids is 3. The molecule has 5 heterocycles. The molecular formula is C59H56BrF4N9O10S4. The van der Waals surface area contributed by atoms with Crippen LogP contribution in [0, 0.1) is 35.1 Å². The molecule has 0 radical (unpaired) electrons. The predicted octanol–water partition coefficient (Wildman–Crippen LogP) is 10.8. The fourth-order valence-electron chi connectivity index (χ4n) is 10.2. The highest BCUT2D eigenvalue weighted by Gasteiger charge is 2.33. The van der Waals surface area contributed by atoms with E-state index in [-0.39, 0.29) is 46.9 Å². The van der Waals surface area contributed by atoms with Gasteiger partial charge in [0.1, 0.15) is 38.8 Å². The SMILES string of the molecule is CCOC(=O)c1csc(-n2nc(-c3ccc(F)c(Br)c3)c(Cc3ccc(S(N)(=O)=O)c(F)c3)c2CC2CC2)n1.NS(=O)(=O)c1ccc(Cc2c(-c3ccc(F)c(N4CCCC4=O)c3)nn(-c3nc(C(=O)O)cs3)c2CC2CC2)cc1F.O=C1CCCC1. The second kappa shape index (κ2) is 26.2. The maximum absolute atomic E-state index is 15.0. The number of carboxylic acid groups (broad SMARTS) is 1. The number of halogens is 5. The van der Waals surface area contributed by atoms with E-state index >= 15 is 0 Å². The molecule has 0 atom stereocenters. The highest BCUT2D eigenvalue weighted by atomic mass is 79.9. The summed E-state index contributed by atoms with van der Waals surface area (Å²) < 4.78 is 114. The molecular weight excluding hydrogens is 1280 g/mol. The van der Waals surface area contributed by atoms with Gasteiger partial charge in [-0.1, -0.05) is 12.1 Å². The first-order valence-corrected chi connectivity index (χ1v) is 33.3. The lowest BCUT2D eigenvalue weighted by molar-refractivity contribution is -0.118. The molecule has 28 heteroatoms. The molecule has 1 aliphatic heterocycles. The molecule has 3 saturated carbocycles. The number of carbonyl (C=O) groups is 4. The summed E-state index contributed by atoms with van der Waals surface area (Å²) in [6.45, 7) is 2.32. The molecule has 87 heavy (non-hydrogen) atoms. The molecule has 3 aliphatic carbocycles. The smallest absolute Gasteiger partial charge is 0.357 e. The van der Waals surface area contributed by atoms with Gasteiger partial charge in [0, 0.05) is 71.7 Å². The number of amides is 1. The second-order valence-corrected chi connectivity index (χ2v) is 27.0. The first kappa shape index (κ1) is 62.7. The molecule has 8 aromatic rings. The molecule has 1 saturated heterocycles. The van der Waals surface area contributed by atoms with Gasteiger partial charge in [-0.15, -0.1) is 22.7 Å². The van der Waals surface area contributed by atoms with Crippen molar-refractivity contribution in [2.45, 2.75) is 107 Å². The minimum atomic E-state index is -4.26. The molecule has 4 aromatic heterocycles. The normalized spacial score (nSPS) is 15.1. The van der Waals surface area contributed by atoms with Crippen LogP contribution in [0.1, 0.15) is 126 Å². The van der Waals surface area contributed by atoms with Crippen molar-refractivity contribution in [2.24, 2.45) is 22.1 Å². The summed E-state index contributed by atoms with van der Waals surface area (Å²) in [4.78, 5) is 55.4. The van der Waals surface area contributed by atoms with Gasteiger partial charge in [0.15, 0.2) is 11.4 Å². The van der Waals surface area contributed by atoms with Crippen molar-refractivity contribution >= 4 is 88.0 Å². The highest BCUT2D eigenvalue weighted by Crippen LogP contribution is 2.41. The third-order valence-corrected chi connectivity index (χ3v) is 19.0. The van der Waals surface area contributed by atoms with Gasteiger partial charge < -0.3 is 14.7 Å². The maximum Gasteiger partial charge on any atom is 0.357 e. The molecule has 4 fully saturated rings. The van der Waals surface area contributed by atoms with Gasteiger partial charge in [-0.3, -0.25) is 9.59 Å². The summed E-state index contributed by atoms with van der Waals surface area (Å²) in [7, 11) is -8.48. The number of carboxylic acids is 1. The zero-order valence-corrected chi connectivity index (χ0v) is 51.3. The van der Waals surface area contributed by atoms with Crippen molar-refractivity contribution in [3.8, 4) is 32.8 Å². The minimum Gasteiger partial charge on any atom is -0.476 e. The van der Waals surface area contributed by atoms with Gasteiger partial charge in [0.2, 0.25) is 36.2 Å². The predicted molar refractivity (Wildman–Crippen MR) is 319 cm³/mol. The van der Waals surface area contributed by atoms with Crippen LogP contribution in [-0.4, -0.2) is 88.3 Å². The van der Waals surface area contributed by atoms with E-state index in [1.165, 1.54) is 45.9 Å². The van der Waals surface area contributed by atoms with E-state index in [1.54, 1.807) is 45.9 Å². The molecule has 12 rings (SSSR count). The lowest BCUT2D eigenvalue weighted by Gasteiger charge is -2.17. The minimum absolute atomic E-state index is 0.130. The Balaban J connectivity index is 0.000000176. The average molecular weight is 1340 g/mol. The number of aromatic nitrogens is 6. The number of hydrogen-bond donors (Lipinski definition) is 3. The number of sulfonamides is 2. The van der Waals surface area contributed by atoms with Crippen LogP contribution in [-0.2, 0) is 60.1 Å². The maximum atomic E-state index is 15.0. The van der Waals surface area contributed by atoms with Crippen LogP contribution in [0.25, 0.3) is 32.8 Å². The van der Waals surface area contributed by atoms with Crippen molar-refractivity contribution in [1.82, 2.24) is 29.5 Å². The molecule has 1 amide bonds. The first-order valence-electron chi connectivity index (χ1n) is 27.7. The van der Waals surface area contributed by atoms with E-state index in [1.807, 2.05) is 0 Å². The molecule has 456 valence electrons. The number of aromatic carboxylic acids is 1. The van der Waals surface area contributed by atoms with E-state index in [9.17, 15) is 58.7 Å². The summed E-state index contributed by atoms with van der Waals surface area (Å²) in [5.74, 6) is -3.59. The number of benzene rings is 4. The topological polar surface area (TPSA) is 283 Å². The number of thiazole rings is 2. The monoisotopic (exact) mass is 1330 g/mol. The number of primary sulfonamides is 2. The van der Waals surface area contributed by atoms with Gasteiger partial charge in [-0.05, 0) is 164 Å². The Morgan fingerprint density at radius 1 is 0.667 bits per heavy atom. The van der Waals surface area contributed by atoms with Crippen molar-refractivity contribution in [3.05, 3.63) is 156 Å². The number of rotatable bonds is 18. The number of esters is 1. The van der Waals surface area contributed by atoms with E-state index in [0.717, 1.165) is 104 Å². The molecule has 4 aromatic carbocycles. The Bertz CT molecular complexity index is 4230. The van der Waals surface area contributed by atoms with Crippen LogP contribution in [0.15, 0.2) is 97.8 Å². The Morgan fingerprint density at radius 2 is 1.16 bits per heavy atom. The fourth-order valence-corrected chi connectivity index (χ4v) is 13.3. The van der Waals surface area contributed by atoms with Crippen molar-refractivity contribution in [2.75, 3.05) is 18.1 Å². The summed E-state index contributed by atoms with van der Waals surface area (Å²) in [5, 5.41) is 33.2. The van der Waals surface area contributed by atoms with Crippen LogP contribution in [0.4, 0.5) is 23.2 Å². The fraction of sp³-hybridized carbons (Fsp3) is 0.322. The molecule has 4 aliphatic rings. The van der Waals surface area contributed by atoms with Crippen LogP contribution < -0.4 is 15.2 Å². The number of anilines is 1. The Hall–Kier alpha value is -7.34. The van der Waals surface area contributed by atoms with Gasteiger partial charge in [-0.25, -0.2) is 73.6 Å². The summed E-state index contributed by atoms with van der Waals surface area (Å²) >= 11 is 5.57. The second-order valence-electron chi connectivity index (χ2n) is 21.4. The number of Topliss-reactive ketones (excluding diaryl/α,β-unsaturated/α-hetero) is 1. The summed E-state index contributed by atoms with van der Waals surface area (Å²) in [6, 6.07) is 16.4. The highest BCUT2D eigenvalue weighted by molar-refractivity contribution is 9.10. The number of nitrogens with two attached hydrogens (primary N) is 2. The molecule has 0 spiro atoms. The van der Waals surface area contributed by atoms with Gasteiger partial charge >= 0.3 is 11.9 Å². The van der Waals surface area contributed by atoms with Crippen molar-refractivity contribution < 1.29 is 63.4 Å². The number of nitrogens with zero attached hydrogens (tertiary/aromatic N) is 7. The van der Waals surface area contributed by atoms with Crippen LogP contribution in [0.3, 0.4) is 0 Å². The molecule has 5 N–H and O–H groups in total. The zero-order chi connectivity index (χ0) is 62.1. The van der Waals surface area contributed by atoms with Gasteiger partial charge in [0.05, 0.1) is 39.5 Å². The van der Waals surface area contributed by atoms with Crippen molar-refractivity contribution in [1.29, 1.82) is 0 Å². The van der Waals surface area contributed by atoms with Crippen LogP contribution >= 0.6 is 38.6 Å². The number of ketones is 1. The van der Waals surface area contributed by atoms with E-state index in [0.29, 0.717) is 99.3 Å². The summed E-state index contributed by atoms with van der Waals surface area (Å²) in [6.07, 6.45) is 10.6. The number of hydrogen-bond acceptors (Lipinski definition) is 15. The van der Waals surface area contributed by atoms with E-state index in [4.69, 9.17) is 25.2 Å². The molecule has 19 nitrogen and oxygen atoms in total.